The Balaban J connectivity index is 5.25. The van der Waals surface area contributed by atoms with Crippen LogP contribution in [0.15, 0.2) is 0 Å². The van der Waals surface area contributed by atoms with Crippen molar-refractivity contribution in [2.24, 2.45) is 17.4 Å². The molecule has 5 unspecified atom stereocenters. The molecule has 4 amide bonds. The van der Waals surface area contributed by atoms with Crippen LogP contribution in [0, 0.1) is 5.92 Å². The van der Waals surface area contributed by atoms with Crippen molar-refractivity contribution in [1.82, 2.24) is 21.3 Å². The Morgan fingerprint density at radius 1 is 0.868 bits per heavy atom. The maximum Gasteiger partial charge on any atom is 0.326 e. The second kappa shape index (κ2) is 19.2. The van der Waals surface area contributed by atoms with Crippen LogP contribution < -0.4 is 32.7 Å². The summed E-state index contributed by atoms with van der Waals surface area (Å²) in [7, 11) is 0. The summed E-state index contributed by atoms with van der Waals surface area (Å²) in [5, 5.41) is 28.0. The molecular formula is C23H42N6O8S. The van der Waals surface area contributed by atoms with Gasteiger partial charge in [-0.2, -0.15) is 11.8 Å². The number of nitrogens with one attached hydrogen (secondary N) is 4. The van der Waals surface area contributed by atoms with Gasteiger partial charge in [-0.1, -0.05) is 20.3 Å². The Hall–Kier alpha value is -2.91. The highest BCUT2D eigenvalue weighted by Crippen LogP contribution is 2.07. The van der Waals surface area contributed by atoms with Crippen LogP contribution >= 0.6 is 11.8 Å². The number of hydrogen-bond donors (Lipinski definition) is 8. The summed E-state index contributed by atoms with van der Waals surface area (Å²) in [6.07, 6.45) is 3.09. The molecule has 14 nitrogen and oxygen atoms in total. The standard InChI is InChI=1S/C23H42N6O8S/c1-4-13(2)19(25)22(35)29-16(11-18(31)32)20(33)26-12-17(30)27-14(7-5-6-9-24)21(34)28-15(23(36)37)8-10-38-3/h13-16,19H,4-12,24-25H2,1-3H3,(H,26,33)(H,27,30)(H,28,34)(H,29,35)(H,31,32)(H,36,37). The molecule has 0 aliphatic heterocycles. The lowest BCUT2D eigenvalue weighted by molar-refractivity contribution is -0.142. The first-order valence-corrected chi connectivity index (χ1v) is 13.8. The summed E-state index contributed by atoms with van der Waals surface area (Å²) in [6, 6.07) is -4.64. The van der Waals surface area contributed by atoms with Gasteiger partial charge < -0.3 is 42.9 Å². The molecule has 15 heteroatoms. The normalized spacial score (nSPS) is 14.8. The maximum atomic E-state index is 12.7. The van der Waals surface area contributed by atoms with Crippen LogP contribution in [0.1, 0.15) is 52.4 Å². The third-order valence-electron chi connectivity index (χ3n) is 5.82. The number of thioether (sulfide) groups is 1. The van der Waals surface area contributed by atoms with E-state index in [1.807, 2.05) is 6.92 Å². The van der Waals surface area contributed by atoms with E-state index in [0.717, 1.165) is 0 Å². The van der Waals surface area contributed by atoms with Gasteiger partial charge in [0.25, 0.3) is 0 Å². The van der Waals surface area contributed by atoms with Crippen molar-refractivity contribution in [3.8, 4) is 0 Å². The fourth-order valence-electron chi connectivity index (χ4n) is 3.23. The van der Waals surface area contributed by atoms with Gasteiger partial charge in [-0.05, 0) is 50.2 Å². The van der Waals surface area contributed by atoms with Crippen LogP contribution in [0.3, 0.4) is 0 Å². The van der Waals surface area contributed by atoms with Crippen molar-refractivity contribution in [2.75, 3.05) is 25.1 Å². The van der Waals surface area contributed by atoms with E-state index >= 15 is 0 Å². The number of aliphatic carboxylic acids is 2. The molecule has 10 N–H and O–H groups in total. The summed E-state index contributed by atoms with van der Waals surface area (Å²) >= 11 is 1.42. The highest BCUT2D eigenvalue weighted by Gasteiger charge is 2.29. The van der Waals surface area contributed by atoms with Gasteiger partial charge in [-0.3, -0.25) is 24.0 Å². The zero-order valence-electron chi connectivity index (χ0n) is 22.2. The molecule has 38 heavy (non-hydrogen) atoms. The van der Waals surface area contributed by atoms with Crippen LogP contribution in [0.5, 0.6) is 0 Å². The van der Waals surface area contributed by atoms with Gasteiger partial charge in [-0.15, -0.1) is 0 Å². The quantitative estimate of drug-likeness (QED) is 0.0783. The van der Waals surface area contributed by atoms with Crippen LogP contribution in [0.25, 0.3) is 0 Å². The van der Waals surface area contributed by atoms with Gasteiger partial charge in [0, 0.05) is 0 Å². The van der Waals surface area contributed by atoms with E-state index < -0.39 is 72.7 Å². The number of carboxylic acids is 2. The molecule has 0 heterocycles. The van der Waals surface area contributed by atoms with E-state index in [1.54, 1.807) is 13.2 Å². The minimum atomic E-state index is -1.47. The van der Waals surface area contributed by atoms with Crippen LogP contribution in [-0.2, 0) is 28.8 Å². The van der Waals surface area contributed by atoms with Gasteiger partial charge in [-0.25, -0.2) is 4.79 Å². The van der Waals surface area contributed by atoms with Crippen molar-refractivity contribution in [3.05, 3.63) is 0 Å². The Labute approximate surface area is 226 Å². The summed E-state index contributed by atoms with van der Waals surface area (Å²) in [6.45, 7) is 3.31. The first-order valence-electron chi connectivity index (χ1n) is 12.4. The molecule has 218 valence electrons. The van der Waals surface area contributed by atoms with Gasteiger partial charge >= 0.3 is 11.9 Å². The van der Waals surface area contributed by atoms with Crippen molar-refractivity contribution in [2.45, 2.75) is 76.5 Å². The fraction of sp³-hybridized carbons (Fsp3) is 0.739. The molecule has 0 saturated carbocycles. The number of hydrogen-bond acceptors (Lipinski definition) is 9. The summed E-state index contributed by atoms with van der Waals surface area (Å²) in [5.74, 6) is -5.33. The fourth-order valence-corrected chi connectivity index (χ4v) is 3.70. The molecule has 0 spiro atoms. The van der Waals surface area contributed by atoms with E-state index in [9.17, 15) is 33.9 Å². The Morgan fingerprint density at radius 2 is 1.50 bits per heavy atom. The van der Waals surface area contributed by atoms with E-state index in [-0.39, 0.29) is 18.8 Å². The van der Waals surface area contributed by atoms with Crippen molar-refractivity contribution in [1.29, 1.82) is 0 Å². The van der Waals surface area contributed by atoms with Crippen molar-refractivity contribution < 1.29 is 39.0 Å². The minimum Gasteiger partial charge on any atom is -0.481 e. The zero-order chi connectivity index (χ0) is 29.3. The van der Waals surface area contributed by atoms with Gasteiger partial charge in [0.2, 0.25) is 23.6 Å². The number of amides is 4. The molecule has 0 rings (SSSR count). The van der Waals surface area contributed by atoms with Crippen LogP contribution in [0.2, 0.25) is 0 Å². The van der Waals surface area contributed by atoms with E-state index in [2.05, 4.69) is 21.3 Å². The highest BCUT2D eigenvalue weighted by atomic mass is 32.2. The number of carbonyl (C=O) groups is 6. The first-order chi connectivity index (χ1) is 17.9. The van der Waals surface area contributed by atoms with E-state index in [4.69, 9.17) is 16.6 Å². The lowest BCUT2D eigenvalue weighted by atomic mass is 9.99. The molecule has 0 radical (unpaired) electrons. The molecule has 0 saturated heterocycles. The Bertz CT molecular complexity index is 815. The van der Waals surface area contributed by atoms with Gasteiger partial charge in [0.15, 0.2) is 0 Å². The second-order valence-corrected chi connectivity index (χ2v) is 9.86. The number of rotatable bonds is 20. The summed E-state index contributed by atoms with van der Waals surface area (Å²) in [5.41, 5.74) is 11.3. The van der Waals surface area contributed by atoms with E-state index in [1.165, 1.54) is 11.8 Å². The third kappa shape index (κ3) is 14.1. The van der Waals surface area contributed by atoms with E-state index in [0.29, 0.717) is 31.6 Å². The topological polar surface area (TPSA) is 243 Å². The second-order valence-electron chi connectivity index (χ2n) is 8.87. The largest absolute Gasteiger partial charge is 0.481 e. The Morgan fingerprint density at radius 3 is 2.03 bits per heavy atom. The lowest BCUT2D eigenvalue weighted by Crippen LogP contribution is -2.56. The molecule has 0 aromatic carbocycles. The lowest BCUT2D eigenvalue weighted by Gasteiger charge is -2.23. The average Bonchev–Trinajstić information content (AvgIpc) is 2.86. The number of unbranched alkanes of at least 4 members (excludes halogenated alkanes) is 1. The van der Waals surface area contributed by atoms with Crippen molar-refractivity contribution in [3.63, 3.8) is 0 Å². The SMILES string of the molecule is CCC(C)C(N)C(=O)NC(CC(=O)O)C(=O)NCC(=O)NC(CCCCN)C(=O)NC(CCSC)C(=O)O. The highest BCUT2D eigenvalue weighted by molar-refractivity contribution is 7.98. The molecule has 0 bridgehead atoms. The molecule has 0 aliphatic carbocycles. The molecule has 0 aromatic heterocycles. The number of nitrogens with two attached hydrogens (primary N) is 2. The average molecular weight is 563 g/mol. The third-order valence-corrected chi connectivity index (χ3v) is 6.46. The Kier molecular flexibility index (Phi) is 17.7. The summed E-state index contributed by atoms with van der Waals surface area (Å²) in [4.78, 5) is 72.8. The predicted molar refractivity (Wildman–Crippen MR) is 142 cm³/mol. The maximum absolute atomic E-state index is 12.7. The number of carbonyl (C=O) groups excluding carboxylic acids is 4. The predicted octanol–water partition coefficient (Wildman–Crippen LogP) is -1.63. The van der Waals surface area contributed by atoms with Crippen molar-refractivity contribution >= 4 is 47.3 Å². The molecule has 0 aliphatic rings. The number of carboxylic acid groups (broad SMARTS) is 2. The van der Waals surface area contributed by atoms with Crippen LogP contribution in [0.4, 0.5) is 0 Å². The monoisotopic (exact) mass is 562 g/mol. The first kappa shape index (κ1) is 35.1. The molecule has 0 aromatic rings. The zero-order valence-corrected chi connectivity index (χ0v) is 23.0. The van der Waals surface area contributed by atoms with Crippen LogP contribution in [-0.4, -0.2) is 95.0 Å². The molecular weight excluding hydrogens is 520 g/mol. The minimum absolute atomic E-state index is 0.183. The summed E-state index contributed by atoms with van der Waals surface area (Å²) < 4.78 is 0. The smallest absolute Gasteiger partial charge is 0.326 e. The molecule has 5 atom stereocenters. The van der Waals surface area contributed by atoms with Gasteiger partial charge in [0.05, 0.1) is 19.0 Å². The molecule has 0 fully saturated rings. The van der Waals surface area contributed by atoms with Gasteiger partial charge in [0.1, 0.15) is 18.1 Å².